The highest BCUT2D eigenvalue weighted by Gasteiger charge is 2.24. The van der Waals surface area contributed by atoms with Crippen LogP contribution in [0.3, 0.4) is 0 Å². The normalized spacial score (nSPS) is 15.8. The topological polar surface area (TPSA) is 73.5 Å². The summed E-state index contributed by atoms with van der Waals surface area (Å²) in [4.78, 5) is 24.3. The first-order valence-electron chi connectivity index (χ1n) is 8.47. The largest absolute Gasteiger partial charge is 0.493 e. The zero-order valence-corrected chi connectivity index (χ0v) is 14.1. The van der Waals surface area contributed by atoms with E-state index in [-0.39, 0.29) is 29.8 Å². The Labute approximate surface area is 150 Å². The highest BCUT2D eigenvalue weighted by Crippen LogP contribution is 2.31. The van der Waals surface area contributed by atoms with Crippen molar-refractivity contribution in [2.45, 2.75) is 19.0 Å². The van der Waals surface area contributed by atoms with Crippen LogP contribution in [-0.2, 0) is 6.54 Å². The Bertz CT molecular complexity index is 989. The van der Waals surface area contributed by atoms with Gasteiger partial charge in [0.05, 0.1) is 19.2 Å². The maximum absolute atomic E-state index is 12.5. The van der Waals surface area contributed by atoms with Crippen LogP contribution in [0.2, 0.25) is 0 Å². The van der Waals surface area contributed by atoms with Gasteiger partial charge in [-0.3, -0.25) is 9.59 Å². The lowest BCUT2D eigenvalue weighted by Gasteiger charge is -2.26. The number of benzene rings is 1. The van der Waals surface area contributed by atoms with Crippen LogP contribution in [0.4, 0.5) is 0 Å². The molecule has 6 nitrogen and oxygen atoms in total. The summed E-state index contributed by atoms with van der Waals surface area (Å²) >= 11 is 0. The van der Waals surface area contributed by atoms with Crippen molar-refractivity contribution in [3.05, 3.63) is 88.2 Å². The molecule has 0 aliphatic carbocycles. The number of hydrogen-bond donors (Lipinski definition) is 1. The molecule has 3 aromatic rings. The number of carbonyl (C=O) groups is 1. The molecule has 1 N–H and O–H groups in total. The van der Waals surface area contributed by atoms with Crippen LogP contribution in [0.25, 0.3) is 0 Å². The van der Waals surface area contributed by atoms with Crippen molar-refractivity contribution in [1.29, 1.82) is 0 Å². The molecule has 0 bridgehead atoms. The van der Waals surface area contributed by atoms with Crippen molar-refractivity contribution in [2.75, 3.05) is 6.61 Å². The smallest absolute Gasteiger partial charge is 0.287 e. The molecule has 0 radical (unpaired) electrons. The number of nitrogens with zero attached hydrogens (tertiary/aromatic N) is 1. The second kappa shape index (κ2) is 6.92. The third-order valence-corrected chi connectivity index (χ3v) is 4.37. The van der Waals surface area contributed by atoms with Crippen LogP contribution in [0.1, 0.15) is 34.3 Å². The minimum Gasteiger partial charge on any atom is -0.493 e. The molecule has 132 valence electrons. The van der Waals surface area contributed by atoms with E-state index in [4.69, 9.17) is 9.15 Å². The van der Waals surface area contributed by atoms with Crippen LogP contribution in [0.15, 0.2) is 70.0 Å². The van der Waals surface area contributed by atoms with Gasteiger partial charge in [-0.2, -0.15) is 0 Å². The van der Waals surface area contributed by atoms with E-state index in [2.05, 4.69) is 5.32 Å². The predicted molar refractivity (Wildman–Crippen MR) is 95.3 cm³/mol. The average Bonchev–Trinajstić information content (AvgIpc) is 3.13. The fourth-order valence-corrected chi connectivity index (χ4v) is 3.07. The number of para-hydroxylation sites is 1. The number of nitrogens with one attached hydrogen (secondary N) is 1. The van der Waals surface area contributed by atoms with E-state index in [1.54, 1.807) is 30.5 Å². The first kappa shape index (κ1) is 16.2. The van der Waals surface area contributed by atoms with E-state index in [9.17, 15) is 9.59 Å². The van der Waals surface area contributed by atoms with Gasteiger partial charge in [-0.15, -0.1) is 0 Å². The number of furan rings is 1. The summed E-state index contributed by atoms with van der Waals surface area (Å²) in [5.41, 5.74) is 0.850. The van der Waals surface area contributed by atoms with E-state index in [1.807, 2.05) is 24.3 Å². The number of carbonyl (C=O) groups excluding carboxylic acids is 1. The molecule has 0 unspecified atom stereocenters. The quantitative estimate of drug-likeness (QED) is 0.785. The molecule has 1 aliphatic heterocycles. The monoisotopic (exact) mass is 350 g/mol. The van der Waals surface area contributed by atoms with Crippen LogP contribution < -0.4 is 15.6 Å². The molecule has 1 amide bonds. The zero-order chi connectivity index (χ0) is 17.9. The lowest BCUT2D eigenvalue weighted by molar-refractivity contribution is 0.0894. The minimum absolute atomic E-state index is 0.113. The van der Waals surface area contributed by atoms with Gasteiger partial charge in [0.2, 0.25) is 0 Å². The van der Waals surface area contributed by atoms with Gasteiger partial charge < -0.3 is 19.0 Å². The fraction of sp³-hybridized carbons (Fsp3) is 0.200. The summed E-state index contributed by atoms with van der Waals surface area (Å²) in [6, 6.07) is 15.9. The van der Waals surface area contributed by atoms with Crippen molar-refractivity contribution in [1.82, 2.24) is 9.88 Å². The van der Waals surface area contributed by atoms with Gasteiger partial charge in [-0.1, -0.05) is 24.3 Å². The second-order valence-corrected chi connectivity index (χ2v) is 6.13. The standard InChI is InChI=1S/C20H18N2O4/c23-19-7-3-4-11-22(19)13-14-8-9-18(26-14)20(24)21-16-10-12-25-17-6-2-1-5-15(16)17/h1-9,11,16H,10,12-13H2,(H,21,24)/t16-/m0/s1. The highest BCUT2D eigenvalue weighted by molar-refractivity contribution is 5.91. The predicted octanol–water partition coefficient (Wildman–Crippen LogP) is 2.74. The SMILES string of the molecule is O=C(N[C@H]1CCOc2ccccc21)c1ccc(Cn2ccccc2=O)o1. The van der Waals surface area contributed by atoms with Crippen LogP contribution in [0.5, 0.6) is 5.75 Å². The minimum atomic E-state index is -0.279. The average molecular weight is 350 g/mol. The summed E-state index contributed by atoms with van der Waals surface area (Å²) in [7, 11) is 0. The van der Waals surface area contributed by atoms with Crippen LogP contribution in [0, 0.1) is 0 Å². The summed E-state index contributed by atoms with van der Waals surface area (Å²) in [5, 5.41) is 3.00. The Balaban J connectivity index is 1.48. The van der Waals surface area contributed by atoms with Gasteiger partial charge in [0.25, 0.3) is 11.5 Å². The molecule has 0 spiro atoms. The molecule has 1 aromatic carbocycles. The van der Waals surface area contributed by atoms with E-state index in [1.165, 1.54) is 10.6 Å². The molecule has 4 rings (SSSR count). The van der Waals surface area contributed by atoms with Gasteiger partial charge >= 0.3 is 0 Å². The first-order chi connectivity index (χ1) is 12.7. The number of fused-ring (bicyclic) bond motifs is 1. The van der Waals surface area contributed by atoms with Gasteiger partial charge in [-0.05, 0) is 24.3 Å². The van der Waals surface area contributed by atoms with Gasteiger partial charge in [0.15, 0.2) is 5.76 Å². The number of rotatable bonds is 4. The summed E-state index contributed by atoms with van der Waals surface area (Å²) in [6.07, 6.45) is 2.39. The Kier molecular flexibility index (Phi) is 4.31. The first-order valence-corrected chi connectivity index (χ1v) is 8.47. The second-order valence-electron chi connectivity index (χ2n) is 6.13. The van der Waals surface area contributed by atoms with Crippen molar-refractivity contribution in [3.8, 4) is 5.75 Å². The zero-order valence-electron chi connectivity index (χ0n) is 14.1. The van der Waals surface area contributed by atoms with E-state index in [0.717, 1.165) is 11.3 Å². The Hall–Kier alpha value is -3.28. The fourth-order valence-electron chi connectivity index (χ4n) is 3.07. The molecule has 1 aliphatic rings. The summed E-state index contributed by atoms with van der Waals surface area (Å²) in [5.74, 6) is 1.30. The molecule has 3 heterocycles. The number of ether oxygens (including phenoxy) is 1. The Morgan fingerprint density at radius 3 is 2.85 bits per heavy atom. The van der Waals surface area contributed by atoms with Gasteiger partial charge in [0, 0.05) is 24.2 Å². The molecular weight excluding hydrogens is 332 g/mol. The third-order valence-electron chi connectivity index (χ3n) is 4.37. The maximum atomic E-state index is 12.5. The molecule has 0 fully saturated rings. The summed E-state index contributed by atoms with van der Waals surface area (Å²) in [6.45, 7) is 0.843. The van der Waals surface area contributed by atoms with Crippen molar-refractivity contribution < 1.29 is 13.9 Å². The van der Waals surface area contributed by atoms with Gasteiger partial charge in [0.1, 0.15) is 11.5 Å². The van der Waals surface area contributed by atoms with Crippen LogP contribution in [-0.4, -0.2) is 17.1 Å². The molecule has 1 atom stereocenters. The number of aromatic nitrogens is 1. The molecule has 2 aromatic heterocycles. The van der Waals surface area contributed by atoms with Gasteiger partial charge in [-0.25, -0.2) is 0 Å². The Morgan fingerprint density at radius 1 is 1.12 bits per heavy atom. The molecule has 0 saturated heterocycles. The summed E-state index contributed by atoms with van der Waals surface area (Å²) < 4.78 is 12.8. The maximum Gasteiger partial charge on any atom is 0.287 e. The molecule has 26 heavy (non-hydrogen) atoms. The van der Waals surface area contributed by atoms with Crippen LogP contribution >= 0.6 is 0 Å². The van der Waals surface area contributed by atoms with E-state index >= 15 is 0 Å². The number of amides is 1. The number of pyridine rings is 1. The third kappa shape index (κ3) is 3.26. The van der Waals surface area contributed by atoms with E-state index < -0.39 is 0 Å². The lowest BCUT2D eigenvalue weighted by Crippen LogP contribution is -2.31. The molecule has 0 saturated carbocycles. The highest BCUT2D eigenvalue weighted by atomic mass is 16.5. The van der Waals surface area contributed by atoms with Crippen molar-refractivity contribution in [2.24, 2.45) is 0 Å². The molecule has 6 heteroatoms. The van der Waals surface area contributed by atoms with E-state index in [0.29, 0.717) is 18.8 Å². The Morgan fingerprint density at radius 2 is 1.96 bits per heavy atom. The lowest BCUT2D eigenvalue weighted by atomic mass is 10.0. The number of hydrogen-bond acceptors (Lipinski definition) is 4. The van der Waals surface area contributed by atoms with Crippen molar-refractivity contribution in [3.63, 3.8) is 0 Å². The van der Waals surface area contributed by atoms with Crippen molar-refractivity contribution >= 4 is 5.91 Å². The molecular formula is C20H18N2O4.